The standard InChI is InChI=1S/C20H20ClN3O2/c1-14-12-17(8-9-18(14)21)26-15(2)20(25)23-19-10-11-22-24(19)13-16-6-4-3-5-7-16/h3-12,15H,13H2,1-2H3,(H,23,25)/t15-/m0/s1. The average molecular weight is 370 g/mol. The minimum absolute atomic E-state index is 0.243. The van der Waals surface area contributed by atoms with Gasteiger partial charge in [-0.25, -0.2) is 4.68 Å². The molecule has 1 atom stereocenters. The third kappa shape index (κ3) is 4.43. The molecule has 0 aliphatic carbocycles. The Morgan fingerprint density at radius 2 is 2.00 bits per heavy atom. The first-order valence-electron chi connectivity index (χ1n) is 8.32. The van der Waals surface area contributed by atoms with Crippen LogP contribution in [-0.2, 0) is 11.3 Å². The van der Waals surface area contributed by atoms with E-state index >= 15 is 0 Å². The lowest BCUT2D eigenvalue weighted by Crippen LogP contribution is -2.31. The maximum Gasteiger partial charge on any atom is 0.266 e. The van der Waals surface area contributed by atoms with Gasteiger partial charge in [0.25, 0.3) is 5.91 Å². The summed E-state index contributed by atoms with van der Waals surface area (Å²) >= 11 is 6.01. The van der Waals surface area contributed by atoms with Crippen LogP contribution >= 0.6 is 11.6 Å². The van der Waals surface area contributed by atoms with E-state index in [9.17, 15) is 4.79 Å². The number of carbonyl (C=O) groups is 1. The van der Waals surface area contributed by atoms with Crippen LogP contribution < -0.4 is 10.1 Å². The van der Waals surface area contributed by atoms with E-state index in [1.165, 1.54) is 0 Å². The SMILES string of the molecule is Cc1cc(O[C@@H](C)C(=O)Nc2ccnn2Cc2ccccc2)ccc1Cl. The second kappa shape index (κ2) is 8.06. The molecule has 0 unspecified atom stereocenters. The number of anilines is 1. The third-order valence-corrected chi connectivity index (χ3v) is 4.38. The largest absolute Gasteiger partial charge is 0.481 e. The van der Waals surface area contributed by atoms with Crippen molar-refractivity contribution in [1.82, 2.24) is 9.78 Å². The quantitative estimate of drug-likeness (QED) is 0.704. The number of carbonyl (C=O) groups excluding carboxylic acids is 1. The number of ether oxygens (including phenoxy) is 1. The van der Waals surface area contributed by atoms with Crippen LogP contribution in [0, 0.1) is 6.92 Å². The van der Waals surface area contributed by atoms with Gasteiger partial charge >= 0.3 is 0 Å². The van der Waals surface area contributed by atoms with E-state index in [0.29, 0.717) is 23.1 Å². The molecule has 3 aromatic rings. The molecule has 0 spiro atoms. The van der Waals surface area contributed by atoms with Crippen molar-refractivity contribution < 1.29 is 9.53 Å². The molecule has 6 heteroatoms. The monoisotopic (exact) mass is 369 g/mol. The minimum atomic E-state index is -0.657. The predicted molar refractivity (Wildman–Crippen MR) is 103 cm³/mol. The summed E-state index contributed by atoms with van der Waals surface area (Å²) < 4.78 is 7.46. The van der Waals surface area contributed by atoms with Gasteiger partial charge in [0.05, 0.1) is 12.7 Å². The third-order valence-electron chi connectivity index (χ3n) is 3.95. The van der Waals surface area contributed by atoms with Crippen molar-refractivity contribution in [2.75, 3.05) is 5.32 Å². The van der Waals surface area contributed by atoms with E-state index in [1.807, 2.05) is 43.3 Å². The van der Waals surface area contributed by atoms with E-state index in [4.69, 9.17) is 16.3 Å². The number of nitrogens with zero attached hydrogens (tertiary/aromatic N) is 2. The summed E-state index contributed by atoms with van der Waals surface area (Å²) in [6, 6.07) is 17.0. The van der Waals surface area contributed by atoms with Gasteiger partial charge in [0, 0.05) is 11.1 Å². The first-order valence-corrected chi connectivity index (χ1v) is 8.70. The number of aromatic nitrogens is 2. The maximum absolute atomic E-state index is 12.5. The Bertz CT molecular complexity index is 893. The van der Waals surface area contributed by atoms with E-state index in [2.05, 4.69) is 10.4 Å². The topological polar surface area (TPSA) is 56.1 Å². The molecule has 0 saturated carbocycles. The number of hydrogen-bond donors (Lipinski definition) is 1. The summed E-state index contributed by atoms with van der Waals surface area (Å²) in [5.74, 6) is 0.987. The van der Waals surface area contributed by atoms with Gasteiger partial charge in [-0.1, -0.05) is 41.9 Å². The summed E-state index contributed by atoms with van der Waals surface area (Å²) in [6.07, 6.45) is 1.00. The number of hydrogen-bond acceptors (Lipinski definition) is 3. The van der Waals surface area contributed by atoms with E-state index < -0.39 is 6.10 Å². The fraction of sp³-hybridized carbons (Fsp3) is 0.200. The fourth-order valence-corrected chi connectivity index (χ4v) is 2.61. The molecule has 5 nitrogen and oxygen atoms in total. The molecule has 1 heterocycles. The van der Waals surface area contributed by atoms with Crippen LogP contribution in [0.15, 0.2) is 60.8 Å². The van der Waals surface area contributed by atoms with Crippen molar-refractivity contribution >= 4 is 23.3 Å². The normalized spacial score (nSPS) is 11.8. The summed E-state index contributed by atoms with van der Waals surface area (Å²) in [5, 5.41) is 7.81. The van der Waals surface area contributed by atoms with Crippen LogP contribution in [0.3, 0.4) is 0 Å². The Morgan fingerprint density at radius 1 is 1.23 bits per heavy atom. The molecular weight excluding hydrogens is 350 g/mol. The number of benzene rings is 2. The molecule has 0 fully saturated rings. The highest BCUT2D eigenvalue weighted by Crippen LogP contribution is 2.22. The molecule has 2 aromatic carbocycles. The summed E-state index contributed by atoms with van der Waals surface area (Å²) in [5.41, 5.74) is 2.00. The Morgan fingerprint density at radius 3 is 2.73 bits per heavy atom. The van der Waals surface area contributed by atoms with E-state index in [0.717, 1.165) is 11.1 Å². The second-order valence-electron chi connectivity index (χ2n) is 6.02. The minimum Gasteiger partial charge on any atom is -0.481 e. The highest BCUT2D eigenvalue weighted by atomic mass is 35.5. The lowest BCUT2D eigenvalue weighted by atomic mass is 10.2. The number of halogens is 1. The average Bonchev–Trinajstić information content (AvgIpc) is 3.05. The van der Waals surface area contributed by atoms with Crippen molar-refractivity contribution in [2.24, 2.45) is 0 Å². The molecule has 1 N–H and O–H groups in total. The Labute approximate surface area is 157 Å². The summed E-state index contributed by atoms with van der Waals surface area (Å²) in [4.78, 5) is 12.5. The second-order valence-corrected chi connectivity index (χ2v) is 6.43. The molecule has 3 rings (SSSR count). The van der Waals surface area contributed by atoms with Crippen molar-refractivity contribution in [3.05, 3.63) is 76.9 Å². The fourth-order valence-electron chi connectivity index (χ4n) is 2.50. The highest BCUT2D eigenvalue weighted by molar-refractivity contribution is 6.31. The first kappa shape index (κ1) is 18.0. The van der Waals surface area contributed by atoms with Crippen LogP contribution in [0.4, 0.5) is 5.82 Å². The molecule has 0 aliphatic rings. The summed E-state index contributed by atoms with van der Waals surface area (Å²) in [6.45, 7) is 4.17. The zero-order chi connectivity index (χ0) is 18.5. The molecule has 1 amide bonds. The lowest BCUT2D eigenvalue weighted by molar-refractivity contribution is -0.122. The maximum atomic E-state index is 12.5. The van der Waals surface area contributed by atoms with Gasteiger partial charge in [0.1, 0.15) is 11.6 Å². The Kier molecular flexibility index (Phi) is 5.58. The van der Waals surface area contributed by atoms with Crippen molar-refractivity contribution in [3.63, 3.8) is 0 Å². The highest BCUT2D eigenvalue weighted by Gasteiger charge is 2.17. The smallest absolute Gasteiger partial charge is 0.266 e. The Hall–Kier alpha value is -2.79. The number of aryl methyl sites for hydroxylation is 1. The van der Waals surface area contributed by atoms with Gasteiger partial charge in [-0.3, -0.25) is 4.79 Å². The van der Waals surface area contributed by atoms with E-state index in [1.54, 1.807) is 36.0 Å². The van der Waals surface area contributed by atoms with Gasteiger partial charge in [-0.15, -0.1) is 0 Å². The zero-order valence-electron chi connectivity index (χ0n) is 14.6. The van der Waals surface area contributed by atoms with Gasteiger partial charge in [-0.2, -0.15) is 5.10 Å². The molecular formula is C20H20ClN3O2. The lowest BCUT2D eigenvalue weighted by Gasteiger charge is -2.16. The van der Waals surface area contributed by atoms with Crippen LogP contribution in [0.5, 0.6) is 5.75 Å². The summed E-state index contributed by atoms with van der Waals surface area (Å²) in [7, 11) is 0. The molecule has 0 radical (unpaired) electrons. The molecule has 1 aromatic heterocycles. The number of rotatable bonds is 6. The van der Waals surface area contributed by atoms with Crippen LogP contribution in [0.2, 0.25) is 5.02 Å². The number of nitrogens with one attached hydrogen (secondary N) is 1. The van der Waals surface area contributed by atoms with Crippen LogP contribution in [-0.4, -0.2) is 21.8 Å². The molecule has 26 heavy (non-hydrogen) atoms. The first-order chi connectivity index (χ1) is 12.5. The van der Waals surface area contributed by atoms with Gasteiger partial charge in [0.2, 0.25) is 0 Å². The zero-order valence-corrected chi connectivity index (χ0v) is 15.4. The van der Waals surface area contributed by atoms with Crippen molar-refractivity contribution in [1.29, 1.82) is 0 Å². The molecule has 0 bridgehead atoms. The predicted octanol–water partition coefficient (Wildman–Crippen LogP) is 4.30. The molecule has 0 aliphatic heterocycles. The van der Waals surface area contributed by atoms with Gasteiger partial charge in [0.15, 0.2) is 6.10 Å². The van der Waals surface area contributed by atoms with Crippen LogP contribution in [0.1, 0.15) is 18.1 Å². The molecule has 0 saturated heterocycles. The number of amides is 1. The van der Waals surface area contributed by atoms with Gasteiger partial charge < -0.3 is 10.1 Å². The van der Waals surface area contributed by atoms with Crippen LogP contribution in [0.25, 0.3) is 0 Å². The van der Waals surface area contributed by atoms with Crippen molar-refractivity contribution in [2.45, 2.75) is 26.5 Å². The van der Waals surface area contributed by atoms with E-state index in [-0.39, 0.29) is 5.91 Å². The Balaban J connectivity index is 1.64. The van der Waals surface area contributed by atoms with Crippen molar-refractivity contribution in [3.8, 4) is 5.75 Å². The van der Waals surface area contributed by atoms with Gasteiger partial charge in [-0.05, 0) is 43.2 Å². The molecule has 134 valence electrons.